The first-order valence-electron chi connectivity index (χ1n) is 3.67. The quantitative estimate of drug-likeness (QED) is 0.484. The van der Waals surface area contributed by atoms with E-state index >= 15 is 0 Å². The Morgan fingerprint density at radius 3 is 2.33 bits per heavy atom. The maximum absolute atomic E-state index is 10.9. The molecule has 4 atom stereocenters. The van der Waals surface area contributed by atoms with Crippen molar-refractivity contribution in [2.75, 3.05) is 7.11 Å². The Bertz CT molecular complexity index is 181. The van der Waals surface area contributed by atoms with Gasteiger partial charge in [-0.2, -0.15) is 0 Å². The minimum Gasteiger partial charge on any atom is -0.467 e. The van der Waals surface area contributed by atoms with Gasteiger partial charge in [0.05, 0.1) is 13.2 Å². The van der Waals surface area contributed by atoms with Crippen molar-refractivity contribution in [3.8, 4) is 0 Å². The lowest BCUT2D eigenvalue weighted by Gasteiger charge is -2.11. The van der Waals surface area contributed by atoms with Crippen molar-refractivity contribution in [3.63, 3.8) is 0 Å². The van der Waals surface area contributed by atoms with Crippen molar-refractivity contribution >= 4 is 5.97 Å². The molecule has 2 N–H and O–H groups in total. The van der Waals surface area contributed by atoms with Gasteiger partial charge in [-0.1, -0.05) is 0 Å². The molecule has 1 aliphatic heterocycles. The van der Waals surface area contributed by atoms with Crippen LogP contribution in [0.5, 0.6) is 0 Å². The summed E-state index contributed by atoms with van der Waals surface area (Å²) in [6.07, 6.45) is -3.80. The third-order valence-corrected chi connectivity index (χ3v) is 1.94. The normalized spacial score (nSPS) is 41.3. The van der Waals surface area contributed by atoms with E-state index in [4.69, 9.17) is 4.74 Å². The van der Waals surface area contributed by atoms with Crippen LogP contribution in [0.2, 0.25) is 0 Å². The molecule has 0 spiro atoms. The van der Waals surface area contributed by atoms with Gasteiger partial charge in [0.2, 0.25) is 0 Å². The van der Waals surface area contributed by atoms with Crippen molar-refractivity contribution in [2.24, 2.45) is 0 Å². The average Bonchev–Trinajstić information content (AvgIpc) is 2.32. The van der Waals surface area contributed by atoms with Gasteiger partial charge < -0.3 is 19.7 Å². The summed E-state index contributed by atoms with van der Waals surface area (Å²) in [5.41, 5.74) is 0. The fraction of sp³-hybridized carbons (Fsp3) is 0.857. The SMILES string of the molecule is COC(=O)[C@H]1O[C@H](C)[C@@H](O)[C@@H]1O. The molecule has 0 bridgehead atoms. The van der Waals surface area contributed by atoms with Crippen LogP contribution >= 0.6 is 0 Å². The van der Waals surface area contributed by atoms with E-state index in [1.165, 1.54) is 7.11 Å². The van der Waals surface area contributed by atoms with Gasteiger partial charge in [0.25, 0.3) is 0 Å². The molecule has 1 fully saturated rings. The van der Waals surface area contributed by atoms with Gasteiger partial charge in [-0.05, 0) is 6.92 Å². The number of aliphatic hydroxyl groups is 2. The topological polar surface area (TPSA) is 76.0 Å². The summed E-state index contributed by atoms with van der Waals surface area (Å²) >= 11 is 0. The molecular weight excluding hydrogens is 164 g/mol. The maximum atomic E-state index is 10.9. The van der Waals surface area contributed by atoms with Crippen molar-refractivity contribution in [1.82, 2.24) is 0 Å². The molecule has 0 radical (unpaired) electrons. The zero-order chi connectivity index (χ0) is 9.30. The summed E-state index contributed by atoms with van der Waals surface area (Å²) in [7, 11) is 1.20. The first-order chi connectivity index (χ1) is 5.57. The highest BCUT2D eigenvalue weighted by Gasteiger charge is 2.44. The third kappa shape index (κ3) is 1.43. The Hall–Kier alpha value is -0.650. The minimum absolute atomic E-state index is 0.538. The molecule has 5 heteroatoms. The van der Waals surface area contributed by atoms with Gasteiger partial charge in [0, 0.05) is 0 Å². The van der Waals surface area contributed by atoms with Crippen LogP contribution in [0.3, 0.4) is 0 Å². The van der Waals surface area contributed by atoms with E-state index in [-0.39, 0.29) is 0 Å². The van der Waals surface area contributed by atoms with E-state index in [9.17, 15) is 15.0 Å². The standard InChI is InChI=1S/C7H12O5/c1-3-4(8)5(9)6(12-3)7(10)11-2/h3-6,8-9H,1-2H3/t3-,4-,5+,6+/m1/s1. The summed E-state index contributed by atoms with van der Waals surface area (Å²) in [6, 6.07) is 0. The molecule has 0 aromatic heterocycles. The first-order valence-corrected chi connectivity index (χ1v) is 3.67. The molecule has 12 heavy (non-hydrogen) atoms. The van der Waals surface area contributed by atoms with E-state index in [1.807, 2.05) is 0 Å². The molecule has 1 saturated heterocycles. The van der Waals surface area contributed by atoms with Gasteiger partial charge in [0.15, 0.2) is 6.10 Å². The van der Waals surface area contributed by atoms with Crippen molar-refractivity contribution in [2.45, 2.75) is 31.3 Å². The summed E-state index contributed by atoms with van der Waals surface area (Å²) < 4.78 is 9.33. The highest BCUT2D eigenvalue weighted by atomic mass is 16.6. The number of aliphatic hydroxyl groups excluding tert-OH is 2. The molecule has 0 aromatic carbocycles. The zero-order valence-corrected chi connectivity index (χ0v) is 6.93. The lowest BCUT2D eigenvalue weighted by atomic mass is 10.1. The van der Waals surface area contributed by atoms with Crippen LogP contribution in [0.25, 0.3) is 0 Å². The highest BCUT2D eigenvalue weighted by Crippen LogP contribution is 2.21. The lowest BCUT2D eigenvalue weighted by Crippen LogP contribution is -2.36. The van der Waals surface area contributed by atoms with Crippen LogP contribution in [-0.4, -0.2) is 47.7 Å². The molecule has 0 aliphatic carbocycles. The van der Waals surface area contributed by atoms with Crippen LogP contribution in [0.4, 0.5) is 0 Å². The average molecular weight is 176 g/mol. The molecule has 1 rings (SSSR count). The number of esters is 1. The monoisotopic (exact) mass is 176 g/mol. The Kier molecular flexibility index (Phi) is 2.66. The molecule has 1 aliphatic rings. The van der Waals surface area contributed by atoms with E-state index in [1.54, 1.807) is 6.92 Å². The number of hydrogen-bond acceptors (Lipinski definition) is 5. The second-order valence-electron chi connectivity index (χ2n) is 2.77. The van der Waals surface area contributed by atoms with Gasteiger partial charge >= 0.3 is 5.97 Å². The fourth-order valence-corrected chi connectivity index (χ4v) is 1.16. The van der Waals surface area contributed by atoms with Gasteiger partial charge in [-0.3, -0.25) is 0 Å². The van der Waals surface area contributed by atoms with Gasteiger partial charge in [-0.25, -0.2) is 4.79 Å². The molecular formula is C7H12O5. The van der Waals surface area contributed by atoms with Crippen LogP contribution in [0.15, 0.2) is 0 Å². The smallest absolute Gasteiger partial charge is 0.337 e. The summed E-state index contributed by atoms with van der Waals surface area (Å²) in [5.74, 6) is -0.661. The molecule has 1 heterocycles. The number of carbonyl (C=O) groups excluding carboxylic acids is 1. The van der Waals surface area contributed by atoms with Crippen molar-refractivity contribution in [3.05, 3.63) is 0 Å². The first kappa shape index (κ1) is 9.44. The predicted octanol–water partition coefficient (Wildman–Crippen LogP) is -1.33. The Labute approximate surface area is 69.9 Å². The van der Waals surface area contributed by atoms with E-state index in [0.717, 1.165) is 0 Å². The second kappa shape index (κ2) is 3.38. The van der Waals surface area contributed by atoms with Crippen molar-refractivity contribution in [1.29, 1.82) is 0 Å². The van der Waals surface area contributed by atoms with Crippen LogP contribution in [0.1, 0.15) is 6.92 Å². The number of ether oxygens (including phenoxy) is 2. The van der Waals surface area contributed by atoms with Gasteiger partial charge in [-0.15, -0.1) is 0 Å². The van der Waals surface area contributed by atoms with Gasteiger partial charge in [0.1, 0.15) is 12.2 Å². The maximum Gasteiger partial charge on any atom is 0.337 e. The molecule has 70 valence electrons. The minimum atomic E-state index is -1.19. The third-order valence-electron chi connectivity index (χ3n) is 1.94. The summed E-state index contributed by atoms with van der Waals surface area (Å²) in [4.78, 5) is 10.9. The fourth-order valence-electron chi connectivity index (χ4n) is 1.16. The van der Waals surface area contributed by atoms with Crippen LogP contribution < -0.4 is 0 Å². The number of methoxy groups -OCH3 is 1. The molecule has 0 amide bonds. The summed E-state index contributed by atoms with van der Waals surface area (Å²) in [6.45, 7) is 1.58. The number of hydrogen-bond donors (Lipinski definition) is 2. The van der Waals surface area contributed by atoms with E-state index in [2.05, 4.69) is 4.74 Å². The molecule has 5 nitrogen and oxygen atoms in total. The lowest BCUT2D eigenvalue weighted by molar-refractivity contribution is -0.156. The van der Waals surface area contributed by atoms with E-state index in [0.29, 0.717) is 0 Å². The molecule has 0 unspecified atom stereocenters. The van der Waals surface area contributed by atoms with E-state index < -0.39 is 30.4 Å². The largest absolute Gasteiger partial charge is 0.467 e. The predicted molar refractivity (Wildman–Crippen MR) is 38.4 cm³/mol. The van der Waals surface area contributed by atoms with Crippen LogP contribution in [0, 0.1) is 0 Å². The Morgan fingerprint density at radius 1 is 1.42 bits per heavy atom. The second-order valence-corrected chi connectivity index (χ2v) is 2.77. The van der Waals surface area contributed by atoms with Crippen LogP contribution in [-0.2, 0) is 14.3 Å². The molecule has 0 saturated carbocycles. The number of carbonyl (C=O) groups is 1. The Morgan fingerprint density at radius 2 is 2.00 bits per heavy atom. The zero-order valence-electron chi connectivity index (χ0n) is 6.93. The molecule has 0 aromatic rings. The number of rotatable bonds is 1. The summed E-state index contributed by atoms with van der Waals surface area (Å²) in [5, 5.41) is 18.5. The highest BCUT2D eigenvalue weighted by molar-refractivity contribution is 5.75. The van der Waals surface area contributed by atoms with Crippen molar-refractivity contribution < 1.29 is 24.5 Å². The Balaban J connectivity index is 2.64.